The van der Waals surface area contributed by atoms with Gasteiger partial charge in [-0.1, -0.05) is 55.7 Å². The van der Waals surface area contributed by atoms with Gasteiger partial charge in [-0.2, -0.15) is 0 Å². The quantitative estimate of drug-likeness (QED) is 0.744. The molecule has 1 aliphatic rings. The molecule has 2 heteroatoms. The molecule has 0 amide bonds. The first-order valence-corrected chi connectivity index (χ1v) is 8.06. The Morgan fingerprint density at radius 3 is 2.36 bits per heavy atom. The Bertz CT molecular complexity index is 637. The molecular weight excluding hydrogens is 272 g/mol. The van der Waals surface area contributed by atoms with Crippen molar-refractivity contribution in [2.75, 3.05) is 7.11 Å². The molecular formula is C20H22O2. The molecule has 2 aromatic rings. The molecule has 0 aliphatic heterocycles. The summed E-state index contributed by atoms with van der Waals surface area (Å²) in [5, 5.41) is 0. The predicted molar refractivity (Wildman–Crippen MR) is 88.7 cm³/mol. The Balaban J connectivity index is 1.78. The number of ether oxygens (including phenoxy) is 1. The van der Waals surface area contributed by atoms with Crippen molar-refractivity contribution < 1.29 is 9.53 Å². The van der Waals surface area contributed by atoms with Crippen molar-refractivity contribution >= 4 is 5.78 Å². The monoisotopic (exact) mass is 294 g/mol. The molecule has 0 unspecified atom stereocenters. The van der Waals surface area contributed by atoms with E-state index in [0.29, 0.717) is 17.2 Å². The molecule has 114 valence electrons. The molecule has 1 saturated carbocycles. The van der Waals surface area contributed by atoms with Crippen LogP contribution < -0.4 is 4.74 Å². The zero-order valence-corrected chi connectivity index (χ0v) is 13.0. The van der Waals surface area contributed by atoms with Crippen LogP contribution in [-0.4, -0.2) is 12.9 Å². The van der Waals surface area contributed by atoms with Gasteiger partial charge in [0, 0.05) is 11.1 Å². The van der Waals surface area contributed by atoms with Crippen molar-refractivity contribution in [3.63, 3.8) is 0 Å². The number of carbonyl (C=O) groups is 1. The van der Waals surface area contributed by atoms with Crippen LogP contribution in [-0.2, 0) is 0 Å². The van der Waals surface area contributed by atoms with Crippen molar-refractivity contribution in [3.8, 4) is 5.75 Å². The largest absolute Gasteiger partial charge is 0.497 e. The minimum absolute atomic E-state index is 0.0501. The van der Waals surface area contributed by atoms with Crippen LogP contribution in [0, 0.1) is 0 Å². The standard InChI is InChI=1S/C20H22O2/c1-22-19-9-5-8-18(14-19)20(21)17-12-10-16(11-13-17)15-6-3-2-4-7-15/h5,8-15H,2-4,6-7H2,1H3. The maximum absolute atomic E-state index is 12.5. The average Bonchev–Trinajstić information content (AvgIpc) is 2.62. The maximum Gasteiger partial charge on any atom is 0.193 e. The summed E-state index contributed by atoms with van der Waals surface area (Å²) in [5.41, 5.74) is 2.79. The number of benzene rings is 2. The molecule has 0 saturated heterocycles. The topological polar surface area (TPSA) is 26.3 Å². The van der Waals surface area contributed by atoms with Gasteiger partial charge in [-0.3, -0.25) is 4.79 Å². The van der Waals surface area contributed by atoms with E-state index in [1.165, 1.54) is 37.7 Å². The van der Waals surface area contributed by atoms with Crippen molar-refractivity contribution in [1.29, 1.82) is 0 Å². The van der Waals surface area contributed by atoms with Gasteiger partial charge >= 0.3 is 0 Å². The highest BCUT2D eigenvalue weighted by molar-refractivity contribution is 6.09. The van der Waals surface area contributed by atoms with Crippen LogP contribution in [0.1, 0.15) is 59.5 Å². The molecule has 22 heavy (non-hydrogen) atoms. The molecule has 0 N–H and O–H groups in total. The summed E-state index contributed by atoms with van der Waals surface area (Å²) in [4.78, 5) is 12.5. The van der Waals surface area contributed by atoms with Crippen LogP contribution in [0.4, 0.5) is 0 Å². The summed E-state index contributed by atoms with van der Waals surface area (Å²) in [6, 6.07) is 15.5. The Morgan fingerprint density at radius 2 is 1.68 bits per heavy atom. The van der Waals surface area contributed by atoms with Crippen molar-refractivity contribution in [2.24, 2.45) is 0 Å². The Labute approximate surface area is 132 Å². The summed E-state index contributed by atoms with van der Waals surface area (Å²) in [5.74, 6) is 1.44. The van der Waals surface area contributed by atoms with Crippen molar-refractivity contribution in [1.82, 2.24) is 0 Å². The molecule has 1 aliphatic carbocycles. The minimum Gasteiger partial charge on any atom is -0.497 e. The second kappa shape index (κ2) is 6.78. The molecule has 0 spiro atoms. The summed E-state index contributed by atoms with van der Waals surface area (Å²) in [7, 11) is 1.61. The summed E-state index contributed by atoms with van der Waals surface area (Å²) >= 11 is 0. The van der Waals surface area contributed by atoms with Gasteiger partial charge in [0.2, 0.25) is 0 Å². The molecule has 2 nitrogen and oxygen atoms in total. The summed E-state index contributed by atoms with van der Waals surface area (Å²) in [6.07, 6.45) is 6.58. The number of ketones is 1. The Kier molecular flexibility index (Phi) is 4.57. The van der Waals surface area contributed by atoms with E-state index in [1.54, 1.807) is 13.2 Å². The normalized spacial score (nSPS) is 15.5. The molecule has 0 heterocycles. The van der Waals surface area contributed by atoms with Gasteiger partial charge in [-0.25, -0.2) is 0 Å². The van der Waals surface area contributed by atoms with Crippen molar-refractivity contribution in [2.45, 2.75) is 38.0 Å². The third-order valence-corrected chi connectivity index (χ3v) is 4.58. The van der Waals surface area contributed by atoms with E-state index in [9.17, 15) is 4.79 Å². The van der Waals surface area contributed by atoms with E-state index in [-0.39, 0.29) is 5.78 Å². The lowest BCUT2D eigenvalue weighted by Gasteiger charge is -2.22. The van der Waals surface area contributed by atoms with Crippen LogP contribution >= 0.6 is 0 Å². The molecule has 0 aromatic heterocycles. The molecule has 3 rings (SSSR count). The number of hydrogen-bond acceptors (Lipinski definition) is 2. The minimum atomic E-state index is 0.0501. The zero-order chi connectivity index (χ0) is 15.4. The summed E-state index contributed by atoms with van der Waals surface area (Å²) < 4.78 is 5.19. The van der Waals surface area contributed by atoms with Crippen LogP contribution in [0.5, 0.6) is 5.75 Å². The number of hydrogen-bond donors (Lipinski definition) is 0. The SMILES string of the molecule is COc1cccc(C(=O)c2ccc(C3CCCCC3)cc2)c1. The number of carbonyl (C=O) groups excluding carboxylic acids is 1. The van der Waals surface area contributed by atoms with Gasteiger partial charge in [-0.15, -0.1) is 0 Å². The second-order valence-corrected chi connectivity index (χ2v) is 6.02. The van der Waals surface area contributed by atoms with Gasteiger partial charge in [0.15, 0.2) is 5.78 Å². The van der Waals surface area contributed by atoms with Crippen LogP contribution in [0.15, 0.2) is 48.5 Å². The van der Waals surface area contributed by atoms with Gasteiger partial charge in [0.05, 0.1) is 7.11 Å². The highest BCUT2D eigenvalue weighted by Gasteiger charge is 2.16. The van der Waals surface area contributed by atoms with E-state index in [4.69, 9.17) is 4.74 Å². The van der Waals surface area contributed by atoms with Crippen LogP contribution in [0.25, 0.3) is 0 Å². The van der Waals surface area contributed by atoms with Gasteiger partial charge in [0.1, 0.15) is 5.75 Å². The molecule has 1 fully saturated rings. The van der Waals surface area contributed by atoms with Crippen LogP contribution in [0.2, 0.25) is 0 Å². The fourth-order valence-electron chi connectivity index (χ4n) is 3.27. The third kappa shape index (κ3) is 3.22. The fraction of sp³-hybridized carbons (Fsp3) is 0.350. The third-order valence-electron chi connectivity index (χ3n) is 4.58. The van der Waals surface area contributed by atoms with E-state index in [1.807, 2.05) is 30.3 Å². The number of methoxy groups -OCH3 is 1. The lowest BCUT2D eigenvalue weighted by molar-refractivity contribution is 0.103. The summed E-state index contributed by atoms with van der Waals surface area (Å²) in [6.45, 7) is 0. The lowest BCUT2D eigenvalue weighted by atomic mass is 9.84. The van der Waals surface area contributed by atoms with Gasteiger partial charge in [0.25, 0.3) is 0 Å². The fourth-order valence-corrected chi connectivity index (χ4v) is 3.27. The first-order valence-electron chi connectivity index (χ1n) is 8.06. The molecule has 0 atom stereocenters. The smallest absolute Gasteiger partial charge is 0.193 e. The Hall–Kier alpha value is -2.09. The predicted octanol–water partition coefficient (Wildman–Crippen LogP) is 4.97. The van der Waals surface area contributed by atoms with E-state index in [2.05, 4.69) is 12.1 Å². The molecule has 0 bridgehead atoms. The Morgan fingerprint density at radius 1 is 0.955 bits per heavy atom. The first-order chi connectivity index (χ1) is 10.8. The van der Waals surface area contributed by atoms with Crippen molar-refractivity contribution in [3.05, 3.63) is 65.2 Å². The maximum atomic E-state index is 12.5. The van der Waals surface area contributed by atoms with E-state index in [0.717, 1.165) is 5.56 Å². The van der Waals surface area contributed by atoms with E-state index >= 15 is 0 Å². The second-order valence-electron chi connectivity index (χ2n) is 6.02. The average molecular weight is 294 g/mol. The molecule has 2 aromatic carbocycles. The van der Waals surface area contributed by atoms with Gasteiger partial charge < -0.3 is 4.74 Å². The van der Waals surface area contributed by atoms with E-state index < -0.39 is 0 Å². The van der Waals surface area contributed by atoms with Crippen LogP contribution in [0.3, 0.4) is 0 Å². The lowest BCUT2D eigenvalue weighted by Crippen LogP contribution is -2.06. The number of rotatable bonds is 4. The highest BCUT2D eigenvalue weighted by atomic mass is 16.5. The zero-order valence-electron chi connectivity index (χ0n) is 13.0. The molecule has 0 radical (unpaired) electrons. The first kappa shape index (κ1) is 14.8. The van der Waals surface area contributed by atoms with Gasteiger partial charge in [-0.05, 0) is 36.5 Å². The highest BCUT2D eigenvalue weighted by Crippen LogP contribution is 2.32.